The molecule has 0 bridgehead atoms. The summed E-state index contributed by atoms with van der Waals surface area (Å²) >= 11 is 0. The first-order valence-corrected chi connectivity index (χ1v) is 22.4. The number of benzene rings is 10. The average Bonchev–Trinajstić information content (AvgIpc) is 3.94. The molecule has 2 aliphatic carbocycles. The summed E-state index contributed by atoms with van der Waals surface area (Å²) in [6.07, 6.45) is 1.64. The van der Waals surface area contributed by atoms with Crippen LogP contribution in [0.4, 0.5) is 17.1 Å². The number of hydrogen-bond donors (Lipinski definition) is 0. The molecular formula is C63H45N. The Morgan fingerprint density at radius 3 is 1.05 bits per heavy atom. The van der Waals surface area contributed by atoms with E-state index in [4.69, 9.17) is 0 Å². The molecule has 0 saturated carbocycles. The summed E-state index contributed by atoms with van der Waals surface area (Å²) in [4.78, 5) is 2.76. The molecule has 10 aromatic rings. The van der Waals surface area contributed by atoms with Gasteiger partial charge in [-0.05, 0) is 108 Å². The van der Waals surface area contributed by atoms with Gasteiger partial charge in [0.25, 0.3) is 0 Å². The van der Waals surface area contributed by atoms with E-state index >= 15 is 0 Å². The van der Waals surface area contributed by atoms with Crippen LogP contribution in [0.2, 0.25) is 0 Å². The van der Waals surface area contributed by atoms with E-state index in [9.17, 15) is 0 Å². The predicted molar refractivity (Wildman–Crippen MR) is 270 cm³/mol. The molecule has 0 N–H and O–H groups in total. The molecule has 0 unspecified atom stereocenters. The first kappa shape index (κ1) is 37.7. The van der Waals surface area contributed by atoms with E-state index in [1.165, 1.54) is 123 Å². The van der Waals surface area contributed by atoms with Gasteiger partial charge in [0.1, 0.15) is 0 Å². The number of aryl methyl sites for hydroxylation is 1. The maximum absolute atomic E-state index is 2.76. The van der Waals surface area contributed by atoms with Crippen LogP contribution in [0.3, 0.4) is 0 Å². The van der Waals surface area contributed by atoms with Gasteiger partial charge in [-0.3, -0.25) is 0 Å². The highest BCUT2D eigenvalue weighted by Gasteiger charge is 2.37. The Bertz CT molecular complexity index is 3170. The SMILES string of the molecule is Cc1cccc(-c2ccccc2)c1N(c1c2c(cc(-c3ccccc3)c1-c1ccccc1)-c1ccccc1C2)c1c2c(cc(-c3ccccc3)c1-c1ccccc1)-c1ccccc1C2. The van der Waals surface area contributed by atoms with Crippen LogP contribution < -0.4 is 4.90 Å². The van der Waals surface area contributed by atoms with Crippen molar-refractivity contribution in [1.82, 2.24) is 0 Å². The topological polar surface area (TPSA) is 3.24 Å². The maximum atomic E-state index is 2.76. The van der Waals surface area contributed by atoms with Crippen molar-refractivity contribution in [2.75, 3.05) is 4.90 Å². The molecule has 0 aliphatic heterocycles. The van der Waals surface area contributed by atoms with Gasteiger partial charge in [-0.2, -0.15) is 0 Å². The van der Waals surface area contributed by atoms with Crippen LogP contribution in [-0.4, -0.2) is 0 Å². The van der Waals surface area contributed by atoms with Gasteiger partial charge < -0.3 is 4.90 Å². The molecular weight excluding hydrogens is 771 g/mol. The van der Waals surface area contributed by atoms with Crippen molar-refractivity contribution in [2.45, 2.75) is 19.8 Å². The number of anilines is 3. The summed E-state index contributed by atoms with van der Waals surface area (Å²) in [5, 5.41) is 0. The Balaban J connectivity index is 1.34. The summed E-state index contributed by atoms with van der Waals surface area (Å²) < 4.78 is 0. The first-order valence-electron chi connectivity index (χ1n) is 22.4. The van der Waals surface area contributed by atoms with Crippen LogP contribution in [0.5, 0.6) is 0 Å². The second-order valence-corrected chi connectivity index (χ2v) is 17.2. The standard InChI is InChI=1S/C63H45N/c1-42-22-21-37-52(43-23-7-2-8-24-43)61(42)64(62-57-38-48-33-17-19-35-50(48)55(57)40-53(44-25-9-3-10-26-44)59(62)46-29-13-5-14-30-46)63-58-39-49-34-18-20-36-51(49)56(58)41-54(45-27-11-4-12-28-45)60(63)47-31-15-6-16-32-47/h2-37,40-41H,38-39H2,1H3. The first-order chi connectivity index (χ1) is 31.7. The van der Waals surface area contributed by atoms with Gasteiger partial charge in [0.05, 0.1) is 17.1 Å². The lowest BCUT2D eigenvalue weighted by Gasteiger charge is -2.37. The molecule has 1 heteroatoms. The van der Waals surface area contributed by atoms with E-state index in [2.05, 4.69) is 242 Å². The summed E-state index contributed by atoms with van der Waals surface area (Å²) in [5.74, 6) is 0. The van der Waals surface area contributed by atoms with Gasteiger partial charge in [0, 0.05) is 29.5 Å². The van der Waals surface area contributed by atoms with Crippen LogP contribution in [0, 0.1) is 6.92 Å². The van der Waals surface area contributed by atoms with Crippen molar-refractivity contribution in [3.8, 4) is 77.9 Å². The van der Waals surface area contributed by atoms with Gasteiger partial charge in [-0.1, -0.05) is 218 Å². The third-order valence-electron chi connectivity index (χ3n) is 13.4. The van der Waals surface area contributed by atoms with E-state index in [1.807, 2.05) is 0 Å². The van der Waals surface area contributed by atoms with Crippen LogP contribution in [0.15, 0.2) is 231 Å². The summed E-state index contributed by atoms with van der Waals surface area (Å²) in [5.41, 5.74) is 27.5. The third kappa shape index (κ3) is 6.23. The van der Waals surface area contributed by atoms with Crippen molar-refractivity contribution >= 4 is 17.1 Å². The molecule has 0 saturated heterocycles. The molecule has 0 atom stereocenters. The van der Waals surface area contributed by atoms with Crippen LogP contribution in [-0.2, 0) is 12.8 Å². The Labute approximate surface area is 376 Å². The lowest BCUT2D eigenvalue weighted by Crippen LogP contribution is -2.19. The number of rotatable bonds is 8. The normalized spacial score (nSPS) is 12.0. The third-order valence-corrected chi connectivity index (χ3v) is 13.4. The number of para-hydroxylation sites is 1. The minimum absolute atomic E-state index is 0.820. The van der Waals surface area contributed by atoms with Crippen molar-refractivity contribution in [3.05, 3.63) is 258 Å². The van der Waals surface area contributed by atoms with Crippen LogP contribution >= 0.6 is 0 Å². The summed E-state index contributed by atoms with van der Waals surface area (Å²) in [6.45, 7) is 2.31. The maximum Gasteiger partial charge on any atom is 0.0588 e. The molecule has 64 heavy (non-hydrogen) atoms. The highest BCUT2D eigenvalue weighted by atomic mass is 15.2. The largest absolute Gasteiger partial charge is 0.308 e. The second-order valence-electron chi connectivity index (χ2n) is 17.2. The molecule has 302 valence electrons. The minimum Gasteiger partial charge on any atom is -0.308 e. The molecule has 1 nitrogen and oxygen atoms in total. The fourth-order valence-electron chi connectivity index (χ4n) is 10.6. The number of hydrogen-bond acceptors (Lipinski definition) is 1. The molecule has 0 amide bonds. The Morgan fingerprint density at radius 2 is 0.625 bits per heavy atom. The molecule has 2 aliphatic rings. The highest BCUT2D eigenvalue weighted by Crippen LogP contribution is 2.60. The molecule has 0 heterocycles. The fourth-order valence-corrected chi connectivity index (χ4v) is 10.6. The lowest BCUT2D eigenvalue weighted by molar-refractivity contribution is 1.16. The molecule has 10 aromatic carbocycles. The monoisotopic (exact) mass is 815 g/mol. The quantitative estimate of drug-likeness (QED) is 0.148. The molecule has 0 radical (unpaired) electrons. The Kier molecular flexibility index (Phi) is 9.27. The highest BCUT2D eigenvalue weighted by molar-refractivity contribution is 6.10. The molecule has 0 fully saturated rings. The predicted octanol–water partition coefficient (Wildman–Crippen LogP) is 16.9. The van der Waals surface area contributed by atoms with Gasteiger partial charge in [0.15, 0.2) is 0 Å². The van der Waals surface area contributed by atoms with Gasteiger partial charge in [0.2, 0.25) is 0 Å². The Morgan fingerprint density at radius 1 is 0.281 bits per heavy atom. The van der Waals surface area contributed by atoms with Crippen molar-refractivity contribution < 1.29 is 0 Å². The average molecular weight is 816 g/mol. The molecule has 0 aromatic heterocycles. The van der Waals surface area contributed by atoms with Gasteiger partial charge >= 0.3 is 0 Å². The minimum atomic E-state index is 0.820. The fraction of sp³-hybridized carbons (Fsp3) is 0.0476. The van der Waals surface area contributed by atoms with E-state index in [0.29, 0.717) is 0 Å². The summed E-state index contributed by atoms with van der Waals surface area (Å²) in [7, 11) is 0. The smallest absolute Gasteiger partial charge is 0.0588 e. The number of nitrogens with zero attached hydrogens (tertiary/aromatic N) is 1. The zero-order valence-corrected chi connectivity index (χ0v) is 35.8. The van der Waals surface area contributed by atoms with E-state index in [1.54, 1.807) is 0 Å². The van der Waals surface area contributed by atoms with E-state index in [-0.39, 0.29) is 0 Å². The van der Waals surface area contributed by atoms with Crippen LogP contribution in [0.1, 0.15) is 27.8 Å². The van der Waals surface area contributed by atoms with E-state index < -0.39 is 0 Å². The van der Waals surface area contributed by atoms with Crippen molar-refractivity contribution in [3.63, 3.8) is 0 Å². The van der Waals surface area contributed by atoms with Gasteiger partial charge in [-0.15, -0.1) is 0 Å². The molecule has 0 spiro atoms. The van der Waals surface area contributed by atoms with Crippen molar-refractivity contribution in [1.29, 1.82) is 0 Å². The summed E-state index contributed by atoms with van der Waals surface area (Å²) in [6, 6.07) is 85.4. The van der Waals surface area contributed by atoms with Crippen molar-refractivity contribution in [2.24, 2.45) is 0 Å². The zero-order chi connectivity index (χ0) is 42.6. The van der Waals surface area contributed by atoms with Crippen LogP contribution in [0.25, 0.3) is 77.9 Å². The molecule has 12 rings (SSSR count). The van der Waals surface area contributed by atoms with Gasteiger partial charge in [-0.25, -0.2) is 0 Å². The Hall–Kier alpha value is -8.00. The lowest BCUT2D eigenvalue weighted by atomic mass is 9.83. The zero-order valence-electron chi connectivity index (χ0n) is 35.8. The number of fused-ring (bicyclic) bond motifs is 6. The van der Waals surface area contributed by atoms with E-state index in [0.717, 1.165) is 12.8 Å². The second kappa shape index (κ2) is 15.7.